The molecule has 0 unspecified atom stereocenters. The van der Waals surface area contributed by atoms with Crippen LogP contribution in [0.3, 0.4) is 0 Å². The first-order chi connectivity index (χ1) is 13.5. The fourth-order valence-electron chi connectivity index (χ4n) is 3.96. The van der Waals surface area contributed by atoms with Crippen LogP contribution in [0.5, 0.6) is 5.75 Å². The van der Waals surface area contributed by atoms with Crippen molar-refractivity contribution in [3.05, 3.63) is 29.3 Å². The quantitative estimate of drug-likeness (QED) is 0.566. The van der Waals surface area contributed by atoms with Crippen molar-refractivity contribution in [1.29, 1.82) is 10.5 Å². The van der Waals surface area contributed by atoms with Crippen LogP contribution in [-0.2, 0) is 9.53 Å². The first-order valence-corrected chi connectivity index (χ1v) is 10.2. The van der Waals surface area contributed by atoms with Gasteiger partial charge in [0.2, 0.25) is 6.19 Å². The lowest BCUT2D eigenvalue weighted by Gasteiger charge is -2.49. The molecular weight excluding hydrogens is 376 g/mol. The van der Waals surface area contributed by atoms with Crippen molar-refractivity contribution < 1.29 is 14.3 Å². The van der Waals surface area contributed by atoms with Gasteiger partial charge in [-0.05, 0) is 31.0 Å². The van der Waals surface area contributed by atoms with Crippen molar-refractivity contribution in [2.75, 3.05) is 12.3 Å². The van der Waals surface area contributed by atoms with E-state index in [9.17, 15) is 10.1 Å². The Kier molecular flexibility index (Phi) is 5.81. The second kappa shape index (κ2) is 8.12. The summed E-state index contributed by atoms with van der Waals surface area (Å²) in [6, 6.07) is 7.07. The molecule has 0 saturated carbocycles. The molecule has 28 heavy (non-hydrogen) atoms. The van der Waals surface area contributed by atoms with Crippen LogP contribution in [-0.4, -0.2) is 40.0 Å². The van der Waals surface area contributed by atoms with Crippen LogP contribution in [0.1, 0.15) is 50.8 Å². The van der Waals surface area contributed by atoms with Crippen LogP contribution in [0.15, 0.2) is 23.2 Å². The van der Waals surface area contributed by atoms with Crippen LogP contribution in [0, 0.1) is 22.8 Å². The number of amidine groups is 1. The van der Waals surface area contributed by atoms with Gasteiger partial charge in [0.25, 0.3) is 0 Å². The molecule has 0 radical (unpaired) electrons. The summed E-state index contributed by atoms with van der Waals surface area (Å²) in [4.78, 5) is 18.0. The number of carbonyl (C=O) groups excluding carboxylic acids is 1. The summed E-state index contributed by atoms with van der Waals surface area (Å²) in [5.74, 6) is 1.06. The summed E-state index contributed by atoms with van der Waals surface area (Å²) in [5.41, 5.74) is 0.568. The molecule has 0 N–H and O–H groups in total. The summed E-state index contributed by atoms with van der Waals surface area (Å²) in [6.45, 7) is 6.06. The second-order valence-corrected chi connectivity index (χ2v) is 7.81. The van der Waals surface area contributed by atoms with Crippen molar-refractivity contribution in [2.45, 2.75) is 51.4 Å². The highest BCUT2D eigenvalue weighted by Gasteiger charge is 2.53. The van der Waals surface area contributed by atoms with Crippen LogP contribution in [0.25, 0.3) is 0 Å². The lowest BCUT2D eigenvalue weighted by molar-refractivity contribution is -0.172. The molecule has 8 heteroatoms. The fraction of sp³-hybridized carbons (Fsp3) is 0.500. The number of nitrogens with zero attached hydrogens (tertiary/aromatic N) is 4. The number of esters is 1. The summed E-state index contributed by atoms with van der Waals surface area (Å²) < 4.78 is 12.2. The largest absolute Gasteiger partial charge is 0.483 e. The average molecular weight is 398 g/mol. The number of nitriles is 2. The molecule has 3 rings (SSSR count). The third kappa shape index (κ3) is 3.41. The van der Waals surface area contributed by atoms with E-state index in [4.69, 9.17) is 14.7 Å². The van der Waals surface area contributed by atoms with E-state index in [-0.39, 0.29) is 6.04 Å². The smallest absolute Gasteiger partial charge is 0.303 e. The Bertz CT molecular complexity index is 882. The van der Waals surface area contributed by atoms with Gasteiger partial charge in [-0.25, -0.2) is 0 Å². The normalized spacial score (nSPS) is 24.0. The minimum atomic E-state index is -0.706. The molecule has 2 aliphatic rings. The number of fused-ring (bicyclic) bond motifs is 1. The zero-order valence-electron chi connectivity index (χ0n) is 16.1. The summed E-state index contributed by atoms with van der Waals surface area (Å²) in [7, 11) is 0. The molecule has 1 fully saturated rings. The molecule has 0 bridgehead atoms. The average Bonchev–Trinajstić information content (AvgIpc) is 3.14. The van der Waals surface area contributed by atoms with Crippen LogP contribution in [0.4, 0.5) is 0 Å². The minimum Gasteiger partial charge on any atom is -0.483 e. The number of hydrogen-bond donors (Lipinski definition) is 0. The van der Waals surface area contributed by atoms with E-state index in [1.807, 2.05) is 24.9 Å². The van der Waals surface area contributed by atoms with Crippen molar-refractivity contribution in [3.63, 3.8) is 0 Å². The molecule has 0 spiro atoms. The molecule has 2 aliphatic heterocycles. The molecule has 1 aromatic carbocycles. The second-order valence-electron chi connectivity index (χ2n) is 6.75. The van der Waals surface area contributed by atoms with E-state index in [0.717, 1.165) is 11.3 Å². The van der Waals surface area contributed by atoms with Crippen LogP contribution in [0.2, 0.25) is 0 Å². The number of rotatable bonds is 4. The van der Waals surface area contributed by atoms with Gasteiger partial charge in [-0.2, -0.15) is 10.5 Å². The minimum absolute atomic E-state index is 0.386. The Labute approximate surface area is 168 Å². The van der Waals surface area contributed by atoms with Crippen molar-refractivity contribution >= 4 is 22.9 Å². The highest BCUT2D eigenvalue weighted by atomic mass is 32.2. The van der Waals surface area contributed by atoms with Gasteiger partial charge in [0, 0.05) is 24.8 Å². The number of aliphatic imine (C=N–C) groups is 1. The number of carbonyl (C=O) groups is 1. The van der Waals surface area contributed by atoms with Gasteiger partial charge in [0.05, 0.1) is 11.6 Å². The summed E-state index contributed by atoms with van der Waals surface area (Å²) >= 11 is 1.50. The Morgan fingerprint density at radius 3 is 2.79 bits per heavy atom. The van der Waals surface area contributed by atoms with Gasteiger partial charge in [0.1, 0.15) is 17.4 Å². The van der Waals surface area contributed by atoms with Crippen molar-refractivity contribution in [1.82, 2.24) is 4.90 Å². The standard InChI is InChI=1S/C20H22N4O3S/c1-4-20(5-2)18(26-13(3)25)17(24-8-9-28-19(24)23-12-22)15-10-14(11-21)6-7-16(15)27-20/h6-7,10,17-18H,4-5,8-9H2,1-3H3/b23-19+/t17-,18+/m0/s1. The third-order valence-electron chi connectivity index (χ3n) is 5.36. The predicted octanol–water partition coefficient (Wildman–Crippen LogP) is 3.37. The van der Waals surface area contributed by atoms with Crippen molar-refractivity contribution in [3.8, 4) is 18.0 Å². The first-order valence-electron chi connectivity index (χ1n) is 9.26. The Balaban J connectivity index is 2.23. The molecule has 7 nitrogen and oxygen atoms in total. The van der Waals surface area contributed by atoms with Gasteiger partial charge in [-0.15, -0.1) is 4.99 Å². The van der Waals surface area contributed by atoms with E-state index in [0.29, 0.717) is 35.9 Å². The zero-order chi connectivity index (χ0) is 20.3. The molecular formula is C20H22N4O3S. The molecule has 2 heterocycles. The number of benzene rings is 1. The van der Waals surface area contributed by atoms with E-state index < -0.39 is 17.7 Å². The zero-order valence-corrected chi connectivity index (χ0v) is 17.0. The summed E-state index contributed by atoms with van der Waals surface area (Å²) in [5, 5.41) is 19.1. The van der Waals surface area contributed by atoms with Crippen LogP contribution >= 0.6 is 11.8 Å². The molecule has 0 amide bonds. The third-order valence-corrected chi connectivity index (χ3v) is 6.33. The van der Waals surface area contributed by atoms with Gasteiger partial charge in [-0.3, -0.25) is 4.79 Å². The molecule has 2 atom stereocenters. The Hall–Kier alpha value is -2.71. The highest BCUT2D eigenvalue weighted by Crippen LogP contribution is 2.48. The topological polar surface area (TPSA) is 98.7 Å². The maximum Gasteiger partial charge on any atom is 0.303 e. The maximum absolute atomic E-state index is 12.0. The van der Waals surface area contributed by atoms with E-state index >= 15 is 0 Å². The predicted molar refractivity (Wildman–Crippen MR) is 106 cm³/mol. The SMILES string of the molecule is CCC1(CC)Oc2ccc(C#N)cc2[C@H](N2CCS/C2=N/C#N)[C@H]1OC(C)=O. The summed E-state index contributed by atoms with van der Waals surface area (Å²) in [6.07, 6.45) is 2.55. The van der Waals surface area contributed by atoms with Gasteiger partial charge >= 0.3 is 5.97 Å². The van der Waals surface area contributed by atoms with E-state index in [1.165, 1.54) is 18.7 Å². The fourth-order valence-corrected chi connectivity index (χ4v) is 4.91. The first kappa shape index (κ1) is 20.0. The van der Waals surface area contributed by atoms with E-state index in [1.54, 1.807) is 18.2 Å². The molecule has 1 aromatic rings. The Morgan fingerprint density at radius 2 is 2.18 bits per heavy atom. The van der Waals surface area contributed by atoms with E-state index in [2.05, 4.69) is 11.1 Å². The lowest BCUT2D eigenvalue weighted by Crippen LogP contribution is -2.58. The maximum atomic E-state index is 12.0. The Morgan fingerprint density at radius 1 is 1.43 bits per heavy atom. The molecule has 1 saturated heterocycles. The lowest BCUT2D eigenvalue weighted by atomic mass is 9.79. The number of thioether (sulfide) groups is 1. The molecule has 0 aromatic heterocycles. The molecule has 0 aliphatic carbocycles. The monoisotopic (exact) mass is 398 g/mol. The number of hydrogen-bond acceptors (Lipinski definition) is 7. The van der Waals surface area contributed by atoms with Crippen LogP contribution < -0.4 is 4.74 Å². The van der Waals surface area contributed by atoms with Gasteiger partial charge in [-0.1, -0.05) is 25.6 Å². The highest BCUT2D eigenvalue weighted by molar-refractivity contribution is 8.14. The van der Waals surface area contributed by atoms with Crippen molar-refractivity contribution in [2.24, 2.45) is 4.99 Å². The van der Waals surface area contributed by atoms with Gasteiger partial charge < -0.3 is 14.4 Å². The molecule has 146 valence electrons. The van der Waals surface area contributed by atoms with Gasteiger partial charge in [0.15, 0.2) is 11.3 Å². The number of ether oxygens (including phenoxy) is 2.